The second-order valence-electron chi connectivity index (χ2n) is 3.17. The quantitative estimate of drug-likeness (QED) is 0.441. The molecule has 0 bridgehead atoms. The zero-order valence-electron chi connectivity index (χ0n) is 9.00. The fourth-order valence-corrected chi connectivity index (χ4v) is 1.18. The first-order valence-electron chi connectivity index (χ1n) is 4.90. The highest BCUT2D eigenvalue weighted by Gasteiger charge is 2.03. The van der Waals surface area contributed by atoms with Gasteiger partial charge < -0.3 is 14.9 Å². The molecule has 0 radical (unpaired) electrons. The molecular weight excluding hydrogens is 224 g/mol. The van der Waals surface area contributed by atoms with Crippen LogP contribution in [0.5, 0.6) is 5.75 Å². The number of carbonyl (C=O) groups is 2. The number of hydrogen-bond donors (Lipinski definition) is 2. The second kappa shape index (κ2) is 6.44. The van der Waals surface area contributed by atoms with Crippen molar-refractivity contribution in [1.29, 1.82) is 0 Å². The Bertz CT molecular complexity index is 436. The van der Waals surface area contributed by atoms with Gasteiger partial charge in [-0.15, -0.1) is 0 Å². The van der Waals surface area contributed by atoms with Crippen molar-refractivity contribution in [3.8, 4) is 5.75 Å². The van der Waals surface area contributed by atoms with Crippen LogP contribution in [0.25, 0.3) is 0 Å². The number of rotatable bonds is 6. The van der Waals surface area contributed by atoms with Crippen molar-refractivity contribution in [2.75, 3.05) is 6.79 Å². The lowest BCUT2D eigenvalue weighted by Crippen LogP contribution is -1.99. The second-order valence-corrected chi connectivity index (χ2v) is 3.17. The predicted octanol–water partition coefficient (Wildman–Crippen LogP) is 1.23. The van der Waals surface area contributed by atoms with E-state index in [2.05, 4.69) is 0 Å². The number of benzene rings is 1. The molecule has 0 aliphatic heterocycles. The molecule has 5 heteroatoms. The summed E-state index contributed by atoms with van der Waals surface area (Å²) < 4.78 is 4.82. The molecule has 1 rings (SSSR count). The van der Waals surface area contributed by atoms with Crippen molar-refractivity contribution in [2.24, 2.45) is 0 Å². The molecule has 0 amide bonds. The van der Waals surface area contributed by atoms with Gasteiger partial charge in [-0.2, -0.15) is 0 Å². The molecule has 90 valence electrons. The zero-order chi connectivity index (χ0) is 12.7. The van der Waals surface area contributed by atoms with Crippen LogP contribution < -0.4 is 4.74 Å². The van der Waals surface area contributed by atoms with E-state index in [9.17, 15) is 9.59 Å². The van der Waals surface area contributed by atoms with Crippen LogP contribution in [-0.4, -0.2) is 28.8 Å². The maximum atomic E-state index is 11.6. The molecule has 0 aromatic heterocycles. The van der Waals surface area contributed by atoms with Crippen molar-refractivity contribution < 1.29 is 24.5 Å². The van der Waals surface area contributed by atoms with Crippen molar-refractivity contribution in [3.05, 3.63) is 42.0 Å². The molecule has 1 aromatic carbocycles. The lowest BCUT2D eigenvalue weighted by Gasteiger charge is -2.02. The highest BCUT2D eigenvalue weighted by atomic mass is 16.6. The van der Waals surface area contributed by atoms with Gasteiger partial charge >= 0.3 is 5.97 Å². The molecule has 0 aliphatic rings. The average molecular weight is 236 g/mol. The van der Waals surface area contributed by atoms with Gasteiger partial charge in [-0.25, -0.2) is 0 Å². The molecule has 5 nitrogen and oxygen atoms in total. The smallest absolute Gasteiger partial charge is 0.307 e. The normalized spacial score (nSPS) is 10.4. The molecule has 0 unspecified atom stereocenters. The summed E-state index contributed by atoms with van der Waals surface area (Å²) in [5, 5.41) is 17.0. The first-order valence-corrected chi connectivity index (χ1v) is 4.90. The van der Waals surface area contributed by atoms with Crippen LogP contribution in [0.3, 0.4) is 0 Å². The van der Waals surface area contributed by atoms with Crippen molar-refractivity contribution >= 4 is 11.8 Å². The first kappa shape index (κ1) is 12.9. The Morgan fingerprint density at radius 2 is 2.12 bits per heavy atom. The van der Waals surface area contributed by atoms with E-state index in [0.29, 0.717) is 11.3 Å². The van der Waals surface area contributed by atoms with E-state index in [4.69, 9.17) is 14.9 Å². The summed E-state index contributed by atoms with van der Waals surface area (Å²) in [6, 6.07) is 6.28. The Hall–Kier alpha value is -2.14. The maximum Gasteiger partial charge on any atom is 0.307 e. The minimum absolute atomic E-state index is 0.196. The Morgan fingerprint density at radius 3 is 2.76 bits per heavy atom. The molecule has 0 fully saturated rings. The molecular formula is C12H12O5. The van der Waals surface area contributed by atoms with Gasteiger partial charge in [-0.1, -0.05) is 18.2 Å². The number of carboxylic acid groups (broad SMARTS) is 1. The summed E-state index contributed by atoms with van der Waals surface area (Å²) in [6.45, 7) is -0.466. The van der Waals surface area contributed by atoms with Crippen LogP contribution in [0.2, 0.25) is 0 Å². The van der Waals surface area contributed by atoms with E-state index in [-0.39, 0.29) is 12.2 Å². The number of aliphatic hydroxyl groups is 1. The number of allylic oxidation sites excluding steroid dienone is 1. The third kappa shape index (κ3) is 4.48. The third-order valence-corrected chi connectivity index (χ3v) is 1.91. The SMILES string of the molecule is O=C(O)CC=CC(=O)c1cccc(OCO)c1. The van der Waals surface area contributed by atoms with Gasteiger partial charge in [-0.05, 0) is 18.2 Å². The molecule has 2 N–H and O–H groups in total. The fourth-order valence-electron chi connectivity index (χ4n) is 1.18. The predicted molar refractivity (Wildman–Crippen MR) is 59.9 cm³/mol. The topological polar surface area (TPSA) is 83.8 Å². The number of ether oxygens (including phenoxy) is 1. The van der Waals surface area contributed by atoms with E-state index in [1.165, 1.54) is 18.2 Å². The van der Waals surface area contributed by atoms with Crippen LogP contribution >= 0.6 is 0 Å². The molecule has 1 aromatic rings. The monoisotopic (exact) mass is 236 g/mol. The Morgan fingerprint density at radius 1 is 1.35 bits per heavy atom. The number of carbonyl (C=O) groups excluding carboxylic acids is 1. The minimum atomic E-state index is -0.994. The Balaban J connectivity index is 2.71. The highest BCUT2D eigenvalue weighted by molar-refractivity contribution is 6.04. The van der Waals surface area contributed by atoms with Crippen LogP contribution in [0, 0.1) is 0 Å². The highest BCUT2D eigenvalue weighted by Crippen LogP contribution is 2.13. The molecule has 17 heavy (non-hydrogen) atoms. The van der Waals surface area contributed by atoms with E-state index in [1.807, 2.05) is 0 Å². The maximum absolute atomic E-state index is 11.6. The Kier molecular flexibility index (Phi) is 4.90. The van der Waals surface area contributed by atoms with Crippen molar-refractivity contribution in [3.63, 3.8) is 0 Å². The lowest BCUT2D eigenvalue weighted by molar-refractivity contribution is -0.135. The van der Waals surface area contributed by atoms with E-state index < -0.39 is 12.8 Å². The number of aliphatic carboxylic acids is 1. The van der Waals surface area contributed by atoms with Gasteiger partial charge in [0, 0.05) is 5.56 Å². The molecule has 0 saturated carbocycles. The lowest BCUT2D eigenvalue weighted by atomic mass is 10.1. The van der Waals surface area contributed by atoms with Crippen LogP contribution in [-0.2, 0) is 4.79 Å². The largest absolute Gasteiger partial charge is 0.481 e. The van der Waals surface area contributed by atoms with Crippen LogP contribution in [0.4, 0.5) is 0 Å². The summed E-state index contributed by atoms with van der Waals surface area (Å²) in [7, 11) is 0. The van der Waals surface area contributed by atoms with E-state index in [0.717, 1.165) is 0 Å². The summed E-state index contributed by atoms with van der Waals surface area (Å²) in [6.07, 6.45) is 2.29. The van der Waals surface area contributed by atoms with E-state index >= 15 is 0 Å². The zero-order valence-corrected chi connectivity index (χ0v) is 9.00. The molecule has 0 saturated heterocycles. The number of aliphatic hydroxyl groups excluding tert-OH is 1. The summed E-state index contributed by atoms with van der Waals surface area (Å²) in [5.74, 6) is -0.925. The summed E-state index contributed by atoms with van der Waals surface area (Å²) >= 11 is 0. The number of carboxylic acids is 1. The number of hydrogen-bond acceptors (Lipinski definition) is 4. The van der Waals surface area contributed by atoms with Gasteiger partial charge in [0.05, 0.1) is 6.42 Å². The molecule has 0 atom stereocenters. The molecule has 0 spiro atoms. The third-order valence-electron chi connectivity index (χ3n) is 1.91. The minimum Gasteiger partial charge on any atom is -0.481 e. The van der Waals surface area contributed by atoms with Crippen LogP contribution in [0.1, 0.15) is 16.8 Å². The number of ketones is 1. The van der Waals surface area contributed by atoms with Gasteiger partial charge in [0.2, 0.25) is 0 Å². The Labute approximate surface area is 98.0 Å². The average Bonchev–Trinajstić information content (AvgIpc) is 2.29. The van der Waals surface area contributed by atoms with Crippen LogP contribution in [0.15, 0.2) is 36.4 Å². The molecule has 0 heterocycles. The summed E-state index contributed by atoms with van der Waals surface area (Å²) in [4.78, 5) is 21.8. The molecule has 0 aliphatic carbocycles. The van der Waals surface area contributed by atoms with Gasteiger partial charge in [0.15, 0.2) is 12.6 Å². The fraction of sp³-hybridized carbons (Fsp3) is 0.167. The van der Waals surface area contributed by atoms with Gasteiger partial charge in [0.1, 0.15) is 5.75 Å². The van der Waals surface area contributed by atoms with E-state index in [1.54, 1.807) is 18.2 Å². The standard InChI is InChI=1S/C12H12O5/c13-8-17-10-4-1-3-9(7-10)11(14)5-2-6-12(15)16/h1-5,7,13H,6,8H2,(H,15,16). The van der Waals surface area contributed by atoms with Crippen molar-refractivity contribution in [2.45, 2.75) is 6.42 Å². The first-order chi connectivity index (χ1) is 8.13. The summed E-state index contributed by atoms with van der Waals surface area (Å²) in [5.41, 5.74) is 0.373. The van der Waals surface area contributed by atoms with Crippen molar-refractivity contribution in [1.82, 2.24) is 0 Å². The van der Waals surface area contributed by atoms with Gasteiger partial charge in [0.25, 0.3) is 0 Å². The van der Waals surface area contributed by atoms with Gasteiger partial charge in [-0.3, -0.25) is 9.59 Å².